The van der Waals surface area contributed by atoms with Gasteiger partial charge in [-0.15, -0.1) is 0 Å². The molecule has 1 aromatic carbocycles. The predicted molar refractivity (Wildman–Crippen MR) is 64.4 cm³/mol. The summed E-state index contributed by atoms with van der Waals surface area (Å²) in [6, 6.07) is 8.12. The number of fused-ring (bicyclic) bond motifs is 1. The van der Waals surface area contributed by atoms with E-state index in [-0.39, 0.29) is 6.61 Å². The smallest absolute Gasteiger partial charge is 0.117 e. The van der Waals surface area contributed by atoms with E-state index in [1.807, 2.05) is 18.2 Å². The van der Waals surface area contributed by atoms with Crippen LogP contribution in [0, 0.1) is 0 Å². The quantitative estimate of drug-likeness (QED) is 0.764. The summed E-state index contributed by atoms with van der Waals surface area (Å²) < 4.78 is 4.35. The van der Waals surface area contributed by atoms with Gasteiger partial charge in [-0.05, 0) is 36.5 Å². The molecular weight excluding hydrogens is 208 g/mol. The number of hydrogen-bond donors (Lipinski definition) is 2. The van der Waals surface area contributed by atoms with Gasteiger partial charge in [-0.2, -0.15) is 4.37 Å². The van der Waals surface area contributed by atoms with Gasteiger partial charge in [-0.3, -0.25) is 0 Å². The lowest BCUT2D eigenvalue weighted by molar-refractivity contribution is 0.286. The largest absolute Gasteiger partial charge is 0.396 e. The van der Waals surface area contributed by atoms with Crippen LogP contribution in [0.2, 0.25) is 0 Å². The van der Waals surface area contributed by atoms with Gasteiger partial charge in [0.1, 0.15) is 5.00 Å². The molecule has 0 aliphatic carbocycles. The standard InChI is InChI=1S/C11H14N2OS/c14-8-4-3-7-12-11-9-5-1-2-6-10(9)13-15-11/h1-2,5-6,12,14H,3-4,7-8H2. The summed E-state index contributed by atoms with van der Waals surface area (Å²) >= 11 is 1.50. The third kappa shape index (κ3) is 2.46. The van der Waals surface area contributed by atoms with Gasteiger partial charge in [0.25, 0.3) is 0 Å². The van der Waals surface area contributed by atoms with Gasteiger partial charge in [0.05, 0.1) is 5.52 Å². The Kier molecular flexibility index (Phi) is 3.53. The zero-order valence-corrected chi connectivity index (χ0v) is 9.26. The van der Waals surface area contributed by atoms with Crippen molar-refractivity contribution in [1.82, 2.24) is 4.37 Å². The molecule has 0 atom stereocenters. The van der Waals surface area contributed by atoms with Crippen LogP contribution < -0.4 is 5.32 Å². The number of hydrogen-bond acceptors (Lipinski definition) is 4. The van der Waals surface area contributed by atoms with E-state index in [1.165, 1.54) is 16.9 Å². The summed E-state index contributed by atoms with van der Waals surface area (Å²) in [4.78, 5) is 0. The zero-order valence-electron chi connectivity index (χ0n) is 8.44. The van der Waals surface area contributed by atoms with Crippen LogP contribution in [-0.4, -0.2) is 22.6 Å². The normalized spacial score (nSPS) is 10.7. The van der Waals surface area contributed by atoms with E-state index >= 15 is 0 Å². The Labute approximate surface area is 92.9 Å². The van der Waals surface area contributed by atoms with E-state index in [9.17, 15) is 0 Å². The Morgan fingerprint density at radius 2 is 2.13 bits per heavy atom. The lowest BCUT2D eigenvalue weighted by Crippen LogP contribution is -2.00. The maximum absolute atomic E-state index is 8.66. The Hall–Kier alpha value is -1.13. The van der Waals surface area contributed by atoms with Crippen LogP contribution in [0.4, 0.5) is 5.00 Å². The van der Waals surface area contributed by atoms with Crippen molar-refractivity contribution in [3.8, 4) is 0 Å². The van der Waals surface area contributed by atoms with Gasteiger partial charge in [0.15, 0.2) is 0 Å². The highest BCUT2D eigenvalue weighted by Gasteiger charge is 2.03. The number of benzene rings is 1. The van der Waals surface area contributed by atoms with Gasteiger partial charge >= 0.3 is 0 Å². The highest BCUT2D eigenvalue weighted by Crippen LogP contribution is 2.26. The second-order valence-electron chi connectivity index (χ2n) is 3.39. The molecule has 0 bridgehead atoms. The zero-order chi connectivity index (χ0) is 10.5. The van der Waals surface area contributed by atoms with Crippen molar-refractivity contribution in [1.29, 1.82) is 0 Å². The molecule has 0 amide bonds. The molecule has 2 N–H and O–H groups in total. The maximum atomic E-state index is 8.66. The summed E-state index contributed by atoms with van der Waals surface area (Å²) in [5.74, 6) is 0. The van der Waals surface area contributed by atoms with Crippen LogP contribution in [0.3, 0.4) is 0 Å². The Balaban J connectivity index is 2.02. The predicted octanol–water partition coefficient (Wildman–Crippen LogP) is 2.48. The molecule has 2 rings (SSSR count). The number of unbranched alkanes of at least 4 members (excludes halogenated alkanes) is 1. The molecule has 0 spiro atoms. The van der Waals surface area contributed by atoms with Crippen LogP contribution in [-0.2, 0) is 0 Å². The van der Waals surface area contributed by atoms with Crippen LogP contribution in [0.15, 0.2) is 24.3 Å². The SMILES string of the molecule is OCCCCNc1snc2ccccc12. The van der Waals surface area contributed by atoms with Crippen molar-refractivity contribution < 1.29 is 5.11 Å². The number of anilines is 1. The Morgan fingerprint density at radius 1 is 1.27 bits per heavy atom. The fourth-order valence-corrected chi connectivity index (χ4v) is 2.24. The number of nitrogens with one attached hydrogen (secondary N) is 1. The van der Waals surface area contributed by atoms with Crippen molar-refractivity contribution in [2.45, 2.75) is 12.8 Å². The van der Waals surface area contributed by atoms with Gasteiger partial charge in [-0.1, -0.05) is 12.1 Å². The first-order chi connectivity index (χ1) is 7.42. The van der Waals surface area contributed by atoms with E-state index in [0.29, 0.717) is 0 Å². The second-order valence-corrected chi connectivity index (χ2v) is 4.16. The Morgan fingerprint density at radius 3 is 3.00 bits per heavy atom. The molecule has 1 aromatic heterocycles. The van der Waals surface area contributed by atoms with Gasteiger partial charge in [-0.25, -0.2) is 0 Å². The topological polar surface area (TPSA) is 45.1 Å². The van der Waals surface area contributed by atoms with Gasteiger partial charge in [0, 0.05) is 18.5 Å². The van der Waals surface area contributed by atoms with E-state index in [2.05, 4.69) is 15.8 Å². The minimum Gasteiger partial charge on any atom is -0.396 e. The van der Waals surface area contributed by atoms with E-state index < -0.39 is 0 Å². The minimum absolute atomic E-state index is 0.269. The summed E-state index contributed by atoms with van der Waals surface area (Å²) in [6.45, 7) is 1.16. The maximum Gasteiger partial charge on any atom is 0.117 e. The average Bonchev–Trinajstić information content (AvgIpc) is 2.68. The Bertz CT molecular complexity index is 427. The molecule has 0 aliphatic rings. The van der Waals surface area contributed by atoms with E-state index in [1.54, 1.807) is 0 Å². The van der Waals surface area contributed by atoms with Crippen LogP contribution >= 0.6 is 11.5 Å². The summed E-state index contributed by atoms with van der Waals surface area (Å²) in [7, 11) is 0. The van der Waals surface area contributed by atoms with Crippen molar-refractivity contribution in [2.24, 2.45) is 0 Å². The van der Waals surface area contributed by atoms with Crippen molar-refractivity contribution >= 4 is 27.4 Å². The number of aliphatic hydroxyl groups excluding tert-OH is 1. The lowest BCUT2D eigenvalue weighted by atomic mass is 10.2. The molecule has 0 aliphatic heterocycles. The number of aliphatic hydroxyl groups is 1. The summed E-state index contributed by atoms with van der Waals surface area (Å²) in [5, 5.41) is 14.3. The first kappa shape index (κ1) is 10.4. The molecule has 0 fully saturated rings. The fourth-order valence-electron chi connectivity index (χ4n) is 1.46. The number of aromatic nitrogens is 1. The summed E-state index contributed by atoms with van der Waals surface area (Å²) in [5.41, 5.74) is 1.05. The van der Waals surface area contributed by atoms with Crippen LogP contribution in [0.5, 0.6) is 0 Å². The molecule has 80 valence electrons. The van der Waals surface area contributed by atoms with Gasteiger partial charge in [0.2, 0.25) is 0 Å². The van der Waals surface area contributed by atoms with Crippen molar-refractivity contribution in [3.63, 3.8) is 0 Å². The first-order valence-corrected chi connectivity index (χ1v) is 5.88. The highest BCUT2D eigenvalue weighted by molar-refractivity contribution is 7.11. The molecule has 2 aromatic rings. The molecule has 1 heterocycles. The number of rotatable bonds is 5. The highest BCUT2D eigenvalue weighted by atomic mass is 32.1. The van der Waals surface area contributed by atoms with E-state index in [0.717, 1.165) is 29.9 Å². The minimum atomic E-state index is 0.269. The lowest BCUT2D eigenvalue weighted by Gasteiger charge is -2.02. The molecule has 0 unspecified atom stereocenters. The number of nitrogens with zero attached hydrogens (tertiary/aromatic N) is 1. The monoisotopic (exact) mass is 222 g/mol. The third-order valence-electron chi connectivity index (χ3n) is 2.25. The van der Waals surface area contributed by atoms with Crippen LogP contribution in [0.1, 0.15) is 12.8 Å². The average molecular weight is 222 g/mol. The fraction of sp³-hybridized carbons (Fsp3) is 0.364. The van der Waals surface area contributed by atoms with E-state index in [4.69, 9.17) is 5.11 Å². The molecule has 3 nitrogen and oxygen atoms in total. The second kappa shape index (κ2) is 5.09. The molecule has 4 heteroatoms. The molecular formula is C11H14N2OS. The molecule has 0 saturated carbocycles. The summed E-state index contributed by atoms with van der Waals surface area (Å²) in [6.07, 6.45) is 1.84. The van der Waals surface area contributed by atoms with Gasteiger partial charge < -0.3 is 10.4 Å². The third-order valence-corrected chi connectivity index (χ3v) is 3.09. The molecule has 0 saturated heterocycles. The molecule has 15 heavy (non-hydrogen) atoms. The van der Waals surface area contributed by atoms with Crippen molar-refractivity contribution in [2.75, 3.05) is 18.5 Å². The van der Waals surface area contributed by atoms with Crippen molar-refractivity contribution in [3.05, 3.63) is 24.3 Å². The molecule has 0 radical (unpaired) electrons. The first-order valence-electron chi connectivity index (χ1n) is 5.11. The van der Waals surface area contributed by atoms with Crippen LogP contribution in [0.25, 0.3) is 10.9 Å².